The first-order valence-electron chi connectivity index (χ1n) is 36.8. The van der Waals surface area contributed by atoms with Crippen LogP contribution in [0.25, 0.3) is 65.1 Å². The van der Waals surface area contributed by atoms with Gasteiger partial charge in [0.15, 0.2) is 24.0 Å². The van der Waals surface area contributed by atoms with Gasteiger partial charge in [-0.05, 0) is 119 Å². The predicted octanol–water partition coefficient (Wildman–Crippen LogP) is 22.7. The average molecular weight is 1590 g/mol. The van der Waals surface area contributed by atoms with Crippen LogP contribution in [0.15, 0.2) is 344 Å². The molecule has 0 fully saturated rings. The highest BCUT2D eigenvalue weighted by Crippen LogP contribution is 2.39. The van der Waals surface area contributed by atoms with Gasteiger partial charge in [0.1, 0.15) is 80.3 Å². The second-order valence-corrected chi connectivity index (χ2v) is 26.7. The summed E-state index contributed by atoms with van der Waals surface area (Å²) in [5.41, 5.74) is 14.7. The summed E-state index contributed by atoms with van der Waals surface area (Å²) in [7, 11) is 0. The van der Waals surface area contributed by atoms with Gasteiger partial charge < -0.3 is 43.7 Å². The minimum absolute atomic E-state index is 0. The molecule has 0 saturated carbocycles. The van der Waals surface area contributed by atoms with Gasteiger partial charge in [0, 0.05) is 6.92 Å². The number of nitrogen functional groups attached to an aromatic ring is 1. The molecular formula is C99H85BrN2O13. The summed E-state index contributed by atoms with van der Waals surface area (Å²) in [6, 6.07) is 108. The molecule has 15 nitrogen and oxygen atoms in total. The molecule has 0 saturated heterocycles. The van der Waals surface area contributed by atoms with E-state index in [1.54, 1.807) is 25.3 Å². The summed E-state index contributed by atoms with van der Waals surface area (Å²) in [4.78, 5) is 64.4. The van der Waals surface area contributed by atoms with Crippen LogP contribution in [0, 0.1) is 0 Å². The maximum atomic E-state index is 12.6. The summed E-state index contributed by atoms with van der Waals surface area (Å²) < 4.78 is 39.7. The maximum Gasteiger partial charge on any atom is 0.303 e. The molecule has 0 aliphatic heterocycles. The Balaban J connectivity index is 0.000000141. The fourth-order valence-corrected chi connectivity index (χ4v) is 13.1. The topological polar surface area (TPSA) is 213 Å². The van der Waals surface area contributed by atoms with Crippen molar-refractivity contribution < 1.29 is 61.9 Å². The van der Waals surface area contributed by atoms with Crippen molar-refractivity contribution in [2.75, 3.05) is 24.3 Å². The molecule has 0 spiro atoms. The molecule has 0 aliphatic carbocycles. The molecule has 0 amide bonds. The zero-order chi connectivity index (χ0) is 79.4. The van der Waals surface area contributed by atoms with Crippen molar-refractivity contribution in [1.29, 1.82) is 0 Å². The quantitative estimate of drug-likeness (QED) is 0.0327. The number of oxazole rings is 1. The number of nitrogens with zero attached hydrogens (tertiary/aromatic N) is 1. The molecule has 115 heavy (non-hydrogen) atoms. The highest BCUT2D eigenvalue weighted by atomic mass is 79.9. The number of fused-ring (bicyclic) bond motifs is 5. The number of aliphatic hydroxyl groups is 1. The van der Waals surface area contributed by atoms with E-state index in [2.05, 4.69) is 27.0 Å². The van der Waals surface area contributed by atoms with E-state index in [4.69, 9.17) is 38.6 Å². The number of hydrogen-bond acceptors (Lipinski definition) is 15. The number of hydrogen-bond donors (Lipinski definition) is 2. The second-order valence-electron chi connectivity index (χ2n) is 26.1. The number of benzene rings is 15. The first kappa shape index (κ1) is 82.2. The summed E-state index contributed by atoms with van der Waals surface area (Å²) in [5, 5.41) is 19.1. The van der Waals surface area contributed by atoms with E-state index < -0.39 is 12.6 Å². The molecule has 15 aromatic carbocycles. The fourth-order valence-electron chi connectivity index (χ4n) is 12.8. The van der Waals surface area contributed by atoms with Gasteiger partial charge in [-0.3, -0.25) is 24.0 Å². The van der Waals surface area contributed by atoms with Gasteiger partial charge in [-0.1, -0.05) is 327 Å². The van der Waals surface area contributed by atoms with E-state index in [0.29, 0.717) is 84.0 Å². The Labute approximate surface area is 676 Å². The van der Waals surface area contributed by atoms with E-state index in [9.17, 15) is 29.1 Å². The molecule has 16 aromatic rings. The summed E-state index contributed by atoms with van der Waals surface area (Å²) in [5.74, 6) is 1.97. The van der Waals surface area contributed by atoms with Crippen LogP contribution >= 0.6 is 15.9 Å². The Kier molecular flexibility index (Phi) is 29.6. The summed E-state index contributed by atoms with van der Waals surface area (Å²) in [6.07, 6.45) is 1.56. The molecule has 0 atom stereocenters. The molecule has 0 radical (unpaired) electrons. The van der Waals surface area contributed by atoms with Gasteiger partial charge in [-0.15, -0.1) is 0 Å². The number of ether oxygens (including phenoxy) is 6. The van der Waals surface area contributed by atoms with Crippen molar-refractivity contribution in [1.82, 2.24) is 4.98 Å². The number of Topliss-reactive ketones (excluding diaryl/α,β-unsaturated/α-hetero) is 4. The number of halogens is 1. The number of esters is 1. The highest BCUT2D eigenvalue weighted by Gasteiger charge is 2.22. The standard InChI is InChI=1S/C21H18O4.C20H16N2O2.C19H15BrO2.C19H16O3.C19H16O2.CH4/c1-15(22)24-14-19(23)21-18-10-6-5-9-17(18)11-12-20(21)25-13-16-7-3-2-4-8-16;21-20-22-17(13-24-20)19-16-9-5-4-8-15(16)10-11-18(19)23-12-14-6-2-1-3-7-14;2*20-12-17(21)19-16-9-5-4-8-15(16)10-11-18(19)22-13-14-6-2-1-3-7-14;1-14(20)19-17-10-6-5-9-16(17)11-12-18(19)21-13-15-7-3-2-4-8-15;/h2-12H,13-14H2,1H3;1-11,13H,12H2,(H2,21,22);1-11H,12-13H2;1-11,20H,12-13H2;2-12H,13H2,1H3;1H4. The van der Waals surface area contributed by atoms with Gasteiger partial charge in [0.2, 0.25) is 5.78 Å². The number of carbonyl (C=O) groups excluding carboxylic acids is 5. The average Bonchev–Trinajstić information content (AvgIpc) is 1.76. The Morgan fingerprint density at radius 1 is 0.348 bits per heavy atom. The maximum absolute atomic E-state index is 12.6. The minimum atomic E-state index is -0.532. The van der Waals surface area contributed by atoms with Crippen LogP contribution in [0.5, 0.6) is 28.7 Å². The zero-order valence-corrected chi connectivity index (χ0v) is 64.3. The zero-order valence-electron chi connectivity index (χ0n) is 62.7. The van der Waals surface area contributed by atoms with Gasteiger partial charge in [-0.2, -0.15) is 4.98 Å². The number of nitrogens with two attached hydrogens (primary N) is 1. The summed E-state index contributed by atoms with van der Waals surface area (Å²) >= 11 is 3.26. The van der Waals surface area contributed by atoms with Crippen LogP contribution in [-0.4, -0.2) is 57.7 Å². The Bertz CT molecular complexity index is 5810. The number of aromatic nitrogens is 1. The Hall–Kier alpha value is -13.8. The first-order chi connectivity index (χ1) is 55.8. The third kappa shape index (κ3) is 22.1. The fraction of sp³-hybridized carbons (Fsp3) is 0.111. The lowest BCUT2D eigenvalue weighted by molar-refractivity contribution is -0.139. The van der Waals surface area contributed by atoms with Crippen molar-refractivity contribution in [3.05, 3.63) is 390 Å². The molecule has 576 valence electrons. The number of ketones is 4. The van der Waals surface area contributed by atoms with Crippen LogP contribution in [0.3, 0.4) is 0 Å². The SMILES string of the molecule is C.CC(=O)OCC(=O)c1c(OCc2ccccc2)ccc2ccccc12.CC(=O)c1c(OCc2ccccc2)ccc2ccccc12.Nc1nc(-c2c(OCc3ccccc3)ccc3ccccc23)co1.O=C(CBr)c1c(OCc2ccccc2)ccc2ccccc12.O=C(CO)c1c(OCc2ccccc2)ccc2ccccc12. The lowest BCUT2D eigenvalue weighted by atomic mass is 10.0. The van der Waals surface area contributed by atoms with E-state index in [1.165, 1.54) is 6.92 Å². The Morgan fingerprint density at radius 2 is 0.626 bits per heavy atom. The number of alkyl halides is 1. The normalized spacial score (nSPS) is 10.5. The van der Waals surface area contributed by atoms with Gasteiger partial charge in [-0.25, -0.2) is 0 Å². The van der Waals surface area contributed by atoms with Gasteiger partial charge in [0.05, 0.1) is 33.1 Å². The van der Waals surface area contributed by atoms with Crippen LogP contribution < -0.4 is 29.4 Å². The first-order valence-corrected chi connectivity index (χ1v) is 38.0. The smallest absolute Gasteiger partial charge is 0.303 e. The Morgan fingerprint density at radius 3 is 0.939 bits per heavy atom. The molecule has 16 heteroatoms. The molecule has 0 bridgehead atoms. The molecule has 16 rings (SSSR count). The van der Waals surface area contributed by atoms with Crippen LogP contribution in [0.4, 0.5) is 6.01 Å². The summed E-state index contributed by atoms with van der Waals surface area (Å²) in [6.45, 7) is 4.15. The highest BCUT2D eigenvalue weighted by molar-refractivity contribution is 9.09. The van der Waals surface area contributed by atoms with Crippen molar-refractivity contribution in [2.24, 2.45) is 0 Å². The van der Waals surface area contributed by atoms with Crippen LogP contribution in [0.2, 0.25) is 0 Å². The number of carbonyl (C=O) groups is 5. The third-order valence-corrected chi connectivity index (χ3v) is 18.8. The molecular weight excluding hydrogens is 1500 g/mol. The molecule has 1 heterocycles. The predicted molar refractivity (Wildman–Crippen MR) is 461 cm³/mol. The largest absolute Gasteiger partial charge is 0.488 e. The number of rotatable bonds is 24. The molecule has 3 N–H and O–H groups in total. The minimum Gasteiger partial charge on any atom is -0.488 e. The van der Waals surface area contributed by atoms with Crippen molar-refractivity contribution in [3.63, 3.8) is 0 Å². The van der Waals surface area contributed by atoms with E-state index in [1.807, 2.05) is 315 Å². The van der Waals surface area contributed by atoms with E-state index >= 15 is 0 Å². The van der Waals surface area contributed by atoms with E-state index in [0.717, 1.165) is 93.0 Å². The third-order valence-electron chi connectivity index (χ3n) is 18.3. The molecule has 0 unspecified atom stereocenters. The van der Waals surface area contributed by atoms with Gasteiger partial charge in [0.25, 0.3) is 6.01 Å². The monoisotopic (exact) mass is 1590 g/mol. The van der Waals surface area contributed by atoms with Gasteiger partial charge >= 0.3 is 5.97 Å². The number of aliphatic hydroxyl groups excluding tert-OH is 1. The van der Waals surface area contributed by atoms with Crippen LogP contribution in [-0.2, 0) is 42.6 Å². The van der Waals surface area contributed by atoms with E-state index in [-0.39, 0.29) is 48.5 Å². The van der Waals surface area contributed by atoms with Crippen LogP contribution in [0.1, 0.15) is 90.5 Å². The lowest BCUT2D eigenvalue weighted by Crippen LogP contribution is -2.14. The van der Waals surface area contributed by atoms with Crippen molar-refractivity contribution >= 4 is 105 Å². The molecule has 1 aromatic heterocycles. The second kappa shape index (κ2) is 41.5. The van der Waals surface area contributed by atoms with Crippen molar-refractivity contribution in [2.45, 2.75) is 54.3 Å². The lowest BCUT2D eigenvalue weighted by Gasteiger charge is -2.14. The van der Waals surface area contributed by atoms with Crippen molar-refractivity contribution in [3.8, 4) is 40.0 Å². The number of anilines is 1. The molecule has 0 aliphatic rings.